The molecule has 0 aromatic heterocycles. The van der Waals surface area contributed by atoms with E-state index < -0.39 is 16.7 Å². The maximum absolute atomic E-state index is 13.4. The number of nitro groups is 1. The molecule has 2 amide bonds. The van der Waals surface area contributed by atoms with Gasteiger partial charge in [0.2, 0.25) is 0 Å². The predicted octanol–water partition coefficient (Wildman–Crippen LogP) is 6.25. The highest BCUT2D eigenvalue weighted by Gasteiger charge is 2.37. The van der Waals surface area contributed by atoms with Crippen molar-refractivity contribution in [2.45, 2.75) is 6.92 Å². The summed E-state index contributed by atoms with van der Waals surface area (Å²) < 4.78 is 0. The van der Waals surface area contributed by atoms with E-state index >= 15 is 0 Å². The third-order valence-electron chi connectivity index (χ3n) is 5.59. The molecule has 0 aliphatic carbocycles. The van der Waals surface area contributed by atoms with Crippen LogP contribution in [-0.2, 0) is 0 Å². The zero-order chi connectivity index (χ0) is 23.3. The van der Waals surface area contributed by atoms with Crippen LogP contribution in [0, 0.1) is 17.0 Å². The second kappa shape index (κ2) is 7.72. The van der Waals surface area contributed by atoms with Gasteiger partial charge in [0.15, 0.2) is 0 Å². The van der Waals surface area contributed by atoms with Crippen molar-refractivity contribution in [2.75, 3.05) is 10.2 Å². The number of benzene rings is 4. The Hall–Kier alpha value is -4.23. The van der Waals surface area contributed by atoms with Gasteiger partial charge in [-0.1, -0.05) is 47.5 Å². The molecule has 4 aromatic rings. The summed E-state index contributed by atoms with van der Waals surface area (Å²) in [7, 11) is 0. The van der Waals surface area contributed by atoms with E-state index in [4.69, 9.17) is 11.6 Å². The molecule has 1 N–H and O–H groups in total. The first-order valence-electron chi connectivity index (χ1n) is 10.1. The quantitative estimate of drug-likeness (QED) is 0.222. The van der Waals surface area contributed by atoms with E-state index in [1.807, 2.05) is 6.92 Å². The summed E-state index contributed by atoms with van der Waals surface area (Å²) in [5, 5.41) is 16.3. The second-order valence-electron chi connectivity index (χ2n) is 7.72. The van der Waals surface area contributed by atoms with Crippen LogP contribution in [0.4, 0.5) is 22.7 Å². The summed E-state index contributed by atoms with van der Waals surface area (Å²) in [4.78, 5) is 39.3. The summed E-state index contributed by atoms with van der Waals surface area (Å²) >= 11 is 6.07. The molecule has 5 rings (SSSR count). The van der Waals surface area contributed by atoms with Crippen LogP contribution in [0.15, 0.2) is 72.8 Å². The fraction of sp³-hybridized carbons (Fsp3) is 0.0400. The molecule has 7 nitrogen and oxygen atoms in total. The zero-order valence-electron chi connectivity index (χ0n) is 17.3. The minimum absolute atomic E-state index is 0.101. The molecule has 0 radical (unpaired) electrons. The molecular weight excluding hydrogens is 442 g/mol. The van der Waals surface area contributed by atoms with Gasteiger partial charge in [-0.15, -0.1) is 0 Å². The molecule has 0 fully saturated rings. The molecular formula is C25H16ClN3O4. The number of hydrogen-bond donors (Lipinski definition) is 1. The van der Waals surface area contributed by atoms with E-state index in [0.29, 0.717) is 32.7 Å². The first-order valence-corrected chi connectivity index (χ1v) is 10.4. The van der Waals surface area contributed by atoms with Crippen molar-refractivity contribution in [3.05, 3.63) is 105 Å². The largest absolute Gasteiger partial charge is 0.349 e. The number of hydrogen-bond acceptors (Lipinski definition) is 5. The van der Waals surface area contributed by atoms with Crippen LogP contribution in [-0.4, -0.2) is 16.7 Å². The van der Waals surface area contributed by atoms with E-state index in [1.165, 1.54) is 6.07 Å². The number of nitrogens with zero attached hydrogens (tertiary/aromatic N) is 2. The van der Waals surface area contributed by atoms with Gasteiger partial charge in [-0.2, -0.15) is 0 Å². The van der Waals surface area contributed by atoms with E-state index in [0.717, 1.165) is 10.5 Å². The minimum atomic E-state index is -0.607. The average molecular weight is 458 g/mol. The Morgan fingerprint density at radius 3 is 2.30 bits per heavy atom. The minimum Gasteiger partial charge on any atom is -0.349 e. The first-order chi connectivity index (χ1) is 15.8. The summed E-state index contributed by atoms with van der Waals surface area (Å²) in [5.74, 6) is -1.09. The van der Waals surface area contributed by atoms with Crippen molar-refractivity contribution in [1.29, 1.82) is 0 Å². The van der Waals surface area contributed by atoms with Gasteiger partial charge < -0.3 is 5.32 Å². The molecule has 0 atom stereocenters. The monoisotopic (exact) mass is 457 g/mol. The molecule has 162 valence electrons. The number of anilines is 3. The second-order valence-corrected chi connectivity index (χ2v) is 8.16. The summed E-state index contributed by atoms with van der Waals surface area (Å²) in [6, 6.07) is 19.9. The molecule has 1 aliphatic rings. The van der Waals surface area contributed by atoms with Gasteiger partial charge in [0.25, 0.3) is 17.5 Å². The standard InChI is InChI=1S/C25H16ClN3O4/c1-14-8-10-17(11-9-14)28-24(30)19-7-3-6-18-22(19)20(25(28)31)13-21(29(32)33)23(18)27-16-5-2-4-15(26)12-16/h2-13,27H,1H3. The molecule has 4 aromatic carbocycles. The van der Waals surface area contributed by atoms with Crippen molar-refractivity contribution < 1.29 is 14.5 Å². The number of amides is 2. The summed E-state index contributed by atoms with van der Waals surface area (Å²) in [6.07, 6.45) is 0. The van der Waals surface area contributed by atoms with E-state index in [-0.39, 0.29) is 16.9 Å². The third kappa shape index (κ3) is 3.39. The Bertz CT molecular complexity index is 1480. The third-order valence-corrected chi connectivity index (χ3v) is 5.83. The Morgan fingerprint density at radius 2 is 1.61 bits per heavy atom. The van der Waals surface area contributed by atoms with Gasteiger partial charge in [-0.25, -0.2) is 4.90 Å². The fourth-order valence-electron chi connectivity index (χ4n) is 4.06. The number of nitro benzene ring substituents is 1. The lowest BCUT2D eigenvalue weighted by Crippen LogP contribution is -2.40. The average Bonchev–Trinajstić information content (AvgIpc) is 2.79. The normalized spacial score (nSPS) is 12.8. The number of carbonyl (C=O) groups excluding carboxylic acids is 2. The van der Waals surface area contributed by atoms with Gasteiger partial charge in [0, 0.05) is 33.1 Å². The predicted molar refractivity (Wildman–Crippen MR) is 128 cm³/mol. The molecule has 0 saturated heterocycles. The number of imide groups is 1. The maximum Gasteiger partial charge on any atom is 0.294 e. The van der Waals surface area contributed by atoms with Gasteiger partial charge >= 0.3 is 0 Å². The summed E-state index contributed by atoms with van der Waals surface area (Å²) in [6.45, 7) is 1.90. The Kier molecular flexibility index (Phi) is 4.83. The molecule has 0 unspecified atom stereocenters. The lowest BCUT2D eigenvalue weighted by atomic mass is 9.91. The fourth-order valence-corrected chi connectivity index (χ4v) is 4.25. The van der Waals surface area contributed by atoms with Crippen molar-refractivity contribution in [3.63, 3.8) is 0 Å². The summed E-state index contributed by atoms with van der Waals surface area (Å²) in [5.41, 5.74) is 2.23. The van der Waals surface area contributed by atoms with Gasteiger partial charge in [-0.05, 0) is 43.3 Å². The van der Waals surface area contributed by atoms with Gasteiger partial charge in [0.1, 0.15) is 5.69 Å². The molecule has 0 saturated carbocycles. The molecule has 33 heavy (non-hydrogen) atoms. The lowest BCUT2D eigenvalue weighted by Gasteiger charge is -2.28. The lowest BCUT2D eigenvalue weighted by molar-refractivity contribution is -0.383. The Morgan fingerprint density at radius 1 is 0.909 bits per heavy atom. The van der Waals surface area contributed by atoms with Crippen molar-refractivity contribution in [2.24, 2.45) is 0 Å². The van der Waals surface area contributed by atoms with E-state index in [1.54, 1.807) is 66.7 Å². The highest BCUT2D eigenvalue weighted by molar-refractivity contribution is 6.37. The zero-order valence-corrected chi connectivity index (χ0v) is 18.1. The Labute approximate surface area is 193 Å². The highest BCUT2D eigenvalue weighted by atomic mass is 35.5. The van der Waals surface area contributed by atoms with Crippen LogP contribution < -0.4 is 10.2 Å². The first kappa shape index (κ1) is 20.7. The SMILES string of the molecule is Cc1ccc(N2C(=O)c3cccc4c(Nc5cccc(Cl)c5)c([N+](=O)[O-])cc(c34)C2=O)cc1. The Balaban J connectivity index is 1.75. The molecule has 8 heteroatoms. The smallest absolute Gasteiger partial charge is 0.294 e. The van der Waals surface area contributed by atoms with Crippen LogP contribution in [0.5, 0.6) is 0 Å². The maximum atomic E-state index is 13.4. The number of rotatable bonds is 4. The van der Waals surface area contributed by atoms with Crippen LogP contribution >= 0.6 is 11.6 Å². The molecule has 1 heterocycles. The van der Waals surface area contributed by atoms with E-state index in [2.05, 4.69) is 5.32 Å². The molecule has 1 aliphatic heterocycles. The van der Waals surface area contributed by atoms with Crippen LogP contribution in [0.25, 0.3) is 10.8 Å². The number of aryl methyl sites for hydroxylation is 1. The topological polar surface area (TPSA) is 92.6 Å². The van der Waals surface area contributed by atoms with Gasteiger partial charge in [0.05, 0.1) is 16.2 Å². The van der Waals surface area contributed by atoms with Crippen LogP contribution in [0.3, 0.4) is 0 Å². The van der Waals surface area contributed by atoms with Crippen molar-refractivity contribution >= 4 is 56.9 Å². The number of halogens is 1. The molecule has 0 bridgehead atoms. The van der Waals surface area contributed by atoms with Crippen LogP contribution in [0.2, 0.25) is 5.02 Å². The highest BCUT2D eigenvalue weighted by Crippen LogP contribution is 2.42. The molecule has 0 spiro atoms. The van der Waals surface area contributed by atoms with Gasteiger partial charge in [-0.3, -0.25) is 19.7 Å². The van der Waals surface area contributed by atoms with Crippen LogP contribution in [0.1, 0.15) is 26.3 Å². The van der Waals surface area contributed by atoms with Crippen molar-refractivity contribution in [3.8, 4) is 0 Å². The van der Waals surface area contributed by atoms with E-state index in [9.17, 15) is 19.7 Å². The number of carbonyl (C=O) groups is 2. The van der Waals surface area contributed by atoms with Crippen molar-refractivity contribution in [1.82, 2.24) is 0 Å². The number of nitrogens with one attached hydrogen (secondary N) is 1.